The van der Waals surface area contributed by atoms with Crippen molar-refractivity contribution in [2.45, 2.75) is 26.9 Å². The van der Waals surface area contributed by atoms with Gasteiger partial charge in [0.1, 0.15) is 11.9 Å². The minimum Gasteiger partial charge on any atom is -0.482 e. The number of nitro groups is 1. The van der Waals surface area contributed by atoms with Crippen molar-refractivity contribution in [2.24, 2.45) is 0 Å². The molecular weight excluding hydrogens is 310 g/mol. The number of nitrogens with zero attached hydrogens (tertiary/aromatic N) is 1. The van der Waals surface area contributed by atoms with Gasteiger partial charge in [-0.1, -0.05) is 24.3 Å². The van der Waals surface area contributed by atoms with Gasteiger partial charge in [0.15, 0.2) is 6.61 Å². The third-order valence-electron chi connectivity index (χ3n) is 3.76. The van der Waals surface area contributed by atoms with E-state index in [1.165, 1.54) is 12.1 Å². The molecule has 0 aliphatic carbocycles. The Morgan fingerprint density at radius 2 is 1.92 bits per heavy atom. The average molecular weight is 329 g/mol. The summed E-state index contributed by atoms with van der Waals surface area (Å²) >= 11 is 0. The summed E-state index contributed by atoms with van der Waals surface area (Å²) in [6.07, 6.45) is -0.598. The molecule has 6 heteroatoms. The fraction of sp³-hybridized carbons (Fsp3) is 0.278. The highest BCUT2D eigenvalue weighted by atomic mass is 16.6. The van der Waals surface area contributed by atoms with E-state index in [-0.39, 0.29) is 12.3 Å². The Kier molecular flexibility index (Phi) is 5.52. The molecule has 2 aromatic carbocycles. The Labute approximate surface area is 140 Å². The Morgan fingerprint density at radius 1 is 1.21 bits per heavy atom. The van der Waals surface area contributed by atoms with Crippen LogP contribution in [0.25, 0.3) is 0 Å². The second kappa shape index (κ2) is 7.59. The third-order valence-corrected chi connectivity index (χ3v) is 3.76. The normalized spacial score (nSPS) is 11.6. The number of hydrogen-bond donors (Lipinski definition) is 0. The Balaban J connectivity index is 1.95. The molecule has 0 saturated heterocycles. The van der Waals surface area contributed by atoms with Crippen LogP contribution in [0.5, 0.6) is 5.75 Å². The van der Waals surface area contributed by atoms with Crippen molar-refractivity contribution in [3.05, 3.63) is 69.3 Å². The highest BCUT2D eigenvalue weighted by Crippen LogP contribution is 2.23. The summed E-state index contributed by atoms with van der Waals surface area (Å²) < 4.78 is 10.8. The lowest BCUT2D eigenvalue weighted by atomic mass is 10.1. The standard InChI is InChI=1S/C18H19NO5/c1-12-6-4-9-17(13(12)2)23-11-18(20)24-14(3)15-7-5-8-16(10-15)19(21)22/h4-10,14H,11H2,1-3H3/t14-/m1/s1. The number of aryl methyl sites for hydroxylation is 1. The summed E-state index contributed by atoms with van der Waals surface area (Å²) in [7, 11) is 0. The van der Waals surface area contributed by atoms with Crippen molar-refractivity contribution in [2.75, 3.05) is 6.61 Å². The third kappa shape index (κ3) is 4.32. The summed E-state index contributed by atoms with van der Waals surface area (Å²) in [4.78, 5) is 22.2. The number of benzene rings is 2. The molecule has 0 unspecified atom stereocenters. The van der Waals surface area contributed by atoms with Crippen molar-refractivity contribution in [3.8, 4) is 5.75 Å². The van der Waals surface area contributed by atoms with Gasteiger partial charge in [0.25, 0.3) is 5.69 Å². The number of non-ortho nitro benzene ring substituents is 1. The first-order valence-corrected chi connectivity index (χ1v) is 7.51. The molecule has 0 spiro atoms. The number of nitro benzene ring substituents is 1. The van der Waals surface area contributed by atoms with Gasteiger partial charge in [-0.25, -0.2) is 4.79 Å². The fourth-order valence-corrected chi connectivity index (χ4v) is 2.21. The zero-order valence-electron chi connectivity index (χ0n) is 13.8. The molecule has 0 N–H and O–H groups in total. The molecular formula is C18H19NO5. The molecule has 126 valence electrons. The van der Waals surface area contributed by atoms with E-state index in [1.807, 2.05) is 26.0 Å². The molecule has 0 aromatic heterocycles. The molecule has 2 aromatic rings. The van der Waals surface area contributed by atoms with E-state index in [4.69, 9.17) is 9.47 Å². The monoisotopic (exact) mass is 329 g/mol. The van der Waals surface area contributed by atoms with Gasteiger partial charge in [-0.05, 0) is 43.5 Å². The zero-order valence-corrected chi connectivity index (χ0v) is 13.8. The van der Waals surface area contributed by atoms with Gasteiger partial charge in [-0.15, -0.1) is 0 Å². The lowest BCUT2D eigenvalue weighted by Crippen LogP contribution is -2.17. The molecule has 0 fully saturated rings. The van der Waals surface area contributed by atoms with Crippen LogP contribution in [0.15, 0.2) is 42.5 Å². The Hall–Kier alpha value is -2.89. The van der Waals surface area contributed by atoms with Crippen LogP contribution >= 0.6 is 0 Å². The maximum absolute atomic E-state index is 11.9. The molecule has 1 atom stereocenters. The van der Waals surface area contributed by atoms with Crippen LogP contribution in [-0.2, 0) is 9.53 Å². The van der Waals surface area contributed by atoms with Gasteiger partial charge >= 0.3 is 5.97 Å². The summed E-state index contributed by atoms with van der Waals surface area (Å²) in [5.41, 5.74) is 2.56. The first-order chi connectivity index (χ1) is 11.4. The highest BCUT2D eigenvalue weighted by Gasteiger charge is 2.15. The topological polar surface area (TPSA) is 78.7 Å². The van der Waals surface area contributed by atoms with Crippen molar-refractivity contribution < 1.29 is 19.2 Å². The van der Waals surface area contributed by atoms with Crippen LogP contribution in [0, 0.1) is 24.0 Å². The van der Waals surface area contributed by atoms with Crippen LogP contribution in [0.2, 0.25) is 0 Å². The first-order valence-electron chi connectivity index (χ1n) is 7.51. The van der Waals surface area contributed by atoms with E-state index in [0.717, 1.165) is 11.1 Å². The van der Waals surface area contributed by atoms with Crippen LogP contribution in [0.1, 0.15) is 29.7 Å². The predicted octanol–water partition coefficient (Wildman–Crippen LogP) is 3.89. The number of ether oxygens (including phenoxy) is 2. The van der Waals surface area contributed by atoms with E-state index in [9.17, 15) is 14.9 Å². The quantitative estimate of drug-likeness (QED) is 0.456. The number of esters is 1. The van der Waals surface area contributed by atoms with Gasteiger partial charge in [0.05, 0.1) is 4.92 Å². The lowest BCUT2D eigenvalue weighted by Gasteiger charge is -2.15. The summed E-state index contributed by atoms with van der Waals surface area (Å²) in [6, 6.07) is 11.6. The summed E-state index contributed by atoms with van der Waals surface area (Å²) in [5, 5.41) is 10.8. The fourth-order valence-electron chi connectivity index (χ4n) is 2.21. The number of carbonyl (C=O) groups excluding carboxylic acids is 1. The van der Waals surface area contributed by atoms with E-state index in [2.05, 4.69) is 0 Å². The molecule has 24 heavy (non-hydrogen) atoms. The Bertz CT molecular complexity index is 757. The number of hydrogen-bond acceptors (Lipinski definition) is 5. The largest absolute Gasteiger partial charge is 0.482 e. The molecule has 0 bridgehead atoms. The molecule has 0 amide bonds. The maximum Gasteiger partial charge on any atom is 0.344 e. The lowest BCUT2D eigenvalue weighted by molar-refractivity contribution is -0.385. The van der Waals surface area contributed by atoms with Gasteiger partial charge in [0.2, 0.25) is 0 Å². The van der Waals surface area contributed by atoms with Crippen molar-refractivity contribution in [1.29, 1.82) is 0 Å². The predicted molar refractivity (Wildman–Crippen MR) is 89.0 cm³/mol. The van der Waals surface area contributed by atoms with Gasteiger partial charge in [-0.3, -0.25) is 10.1 Å². The van der Waals surface area contributed by atoms with Crippen LogP contribution < -0.4 is 4.74 Å². The SMILES string of the molecule is Cc1cccc(OCC(=O)O[C@H](C)c2cccc([N+](=O)[O-])c2)c1C. The number of carbonyl (C=O) groups is 1. The first kappa shape index (κ1) is 17.5. The molecule has 0 aliphatic rings. The molecule has 0 radical (unpaired) electrons. The van der Waals surface area contributed by atoms with Gasteiger partial charge in [0, 0.05) is 12.1 Å². The molecule has 0 aliphatic heterocycles. The van der Waals surface area contributed by atoms with E-state index in [0.29, 0.717) is 11.3 Å². The minimum absolute atomic E-state index is 0.0398. The second-order valence-electron chi connectivity index (χ2n) is 5.47. The molecule has 6 nitrogen and oxygen atoms in total. The molecule has 2 rings (SSSR count). The summed E-state index contributed by atoms with van der Waals surface area (Å²) in [5.74, 6) is 0.102. The zero-order chi connectivity index (χ0) is 17.7. The second-order valence-corrected chi connectivity index (χ2v) is 5.47. The summed E-state index contributed by atoms with van der Waals surface area (Å²) in [6.45, 7) is 5.32. The maximum atomic E-state index is 11.9. The van der Waals surface area contributed by atoms with E-state index in [1.54, 1.807) is 25.1 Å². The van der Waals surface area contributed by atoms with Crippen molar-refractivity contribution >= 4 is 11.7 Å². The number of rotatable bonds is 6. The molecule has 0 saturated carbocycles. The highest BCUT2D eigenvalue weighted by molar-refractivity contribution is 5.71. The molecule has 0 heterocycles. The smallest absolute Gasteiger partial charge is 0.344 e. The van der Waals surface area contributed by atoms with Crippen molar-refractivity contribution in [1.82, 2.24) is 0 Å². The van der Waals surface area contributed by atoms with E-state index < -0.39 is 17.0 Å². The van der Waals surface area contributed by atoms with Gasteiger partial charge < -0.3 is 9.47 Å². The average Bonchev–Trinajstić information content (AvgIpc) is 2.56. The Morgan fingerprint density at radius 3 is 2.62 bits per heavy atom. The van der Waals surface area contributed by atoms with Gasteiger partial charge in [-0.2, -0.15) is 0 Å². The van der Waals surface area contributed by atoms with E-state index >= 15 is 0 Å². The van der Waals surface area contributed by atoms with Crippen LogP contribution in [-0.4, -0.2) is 17.5 Å². The van der Waals surface area contributed by atoms with Crippen LogP contribution in [0.3, 0.4) is 0 Å². The minimum atomic E-state index is -0.598. The van der Waals surface area contributed by atoms with Crippen molar-refractivity contribution in [3.63, 3.8) is 0 Å². The van der Waals surface area contributed by atoms with Crippen LogP contribution in [0.4, 0.5) is 5.69 Å².